The number of nitrogens with zero attached hydrogens (tertiary/aromatic N) is 2. The van der Waals surface area contributed by atoms with E-state index < -0.39 is 0 Å². The van der Waals surface area contributed by atoms with Crippen molar-refractivity contribution in [2.24, 2.45) is 0 Å². The maximum atomic E-state index is 12.6. The first kappa shape index (κ1) is 16.9. The molecule has 6 nitrogen and oxygen atoms in total. The Balaban J connectivity index is 1.47. The Morgan fingerprint density at radius 2 is 1.78 bits per heavy atom. The van der Waals surface area contributed by atoms with E-state index in [0.717, 1.165) is 17.1 Å². The number of pyridine rings is 1. The molecule has 1 aromatic heterocycles. The van der Waals surface area contributed by atoms with Crippen LogP contribution in [0.25, 0.3) is 0 Å². The van der Waals surface area contributed by atoms with Crippen LogP contribution in [0.3, 0.4) is 0 Å². The number of fused-ring (bicyclic) bond motifs is 1. The smallest absolute Gasteiger partial charge is 0.259 e. The first-order valence-corrected chi connectivity index (χ1v) is 8.66. The summed E-state index contributed by atoms with van der Waals surface area (Å²) in [6.07, 6.45) is 1.57. The van der Waals surface area contributed by atoms with Crippen molar-refractivity contribution in [3.8, 4) is 11.5 Å². The fraction of sp³-hybridized carbons (Fsp3) is 0.143. The van der Waals surface area contributed by atoms with E-state index in [1.54, 1.807) is 30.3 Å². The van der Waals surface area contributed by atoms with E-state index in [4.69, 9.17) is 9.47 Å². The lowest BCUT2D eigenvalue weighted by Gasteiger charge is -2.19. The van der Waals surface area contributed by atoms with Gasteiger partial charge in [0, 0.05) is 30.7 Å². The molecule has 0 spiro atoms. The van der Waals surface area contributed by atoms with Crippen molar-refractivity contribution < 1.29 is 14.3 Å². The van der Waals surface area contributed by atoms with Gasteiger partial charge >= 0.3 is 0 Å². The van der Waals surface area contributed by atoms with Crippen molar-refractivity contribution in [3.63, 3.8) is 0 Å². The minimum atomic E-state index is -0.112. The van der Waals surface area contributed by atoms with Gasteiger partial charge in [0.2, 0.25) is 0 Å². The largest absolute Gasteiger partial charge is 0.486 e. The van der Waals surface area contributed by atoms with Gasteiger partial charge in [-0.25, -0.2) is 4.98 Å². The summed E-state index contributed by atoms with van der Waals surface area (Å²) < 4.78 is 11.1. The van der Waals surface area contributed by atoms with Crippen LogP contribution in [-0.4, -0.2) is 31.2 Å². The highest BCUT2D eigenvalue weighted by atomic mass is 16.6. The molecule has 1 amide bonds. The van der Waals surface area contributed by atoms with Crippen molar-refractivity contribution in [3.05, 3.63) is 72.4 Å². The third kappa shape index (κ3) is 3.69. The van der Waals surface area contributed by atoms with E-state index in [0.29, 0.717) is 30.3 Å². The minimum Gasteiger partial charge on any atom is -0.486 e. The molecule has 136 valence electrons. The number of anilines is 3. The highest BCUT2D eigenvalue weighted by molar-refractivity contribution is 6.05. The number of nitrogens with one attached hydrogen (secondary N) is 1. The molecule has 1 aliphatic heterocycles. The molecule has 2 aromatic carbocycles. The molecule has 4 rings (SSSR count). The molecule has 0 saturated heterocycles. The van der Waals surface area contributed by atoms with Crippen LogP contribution < -0.4 is 19.7 Å². The zero-order valence-electron chi connectivity index (χ0n) is 14.9. The van der Waals surface area contributed by atoms with Gasteiger partial charge in [-0.2, -0.15) is 0 Å². The maximum Gasteiger partial charge on any atom is 0.259 e. The monoisotopic (exact) mass is 361 g/mol. The molecule has 0 fully saturated rings. The third-order valence-electron chi connectivity index (χ3n) is 4.27. The zero-order chi connectivity index (χ0) is 18.6. The quantitative estimate of drug-likeness (QED) is 0.764. The van der Waals surface area contributed by atoms with Crippen LogP contribution in [-0.2, 0) is 0 Å². The number of aromatic nitrogens is 1. The fourth-order valence-corrected chi connectivity index (χ4v) is 2.83. The number of hydrogen-bond donors (Lipinski definition) is 1. The van der Waals surface area contributed by atoms with Gasteiger partial charge in [0.25, 0.3) is 5.91 Å². The van der Waals surface area contributed by atoms with Crippen molar-refractivity contribution in [2.75, 3.05) is 30.5 Å². The average molecular weight is 361 g/mol. The second-order valence-electron chi connectivity index (χ2n) is 6.12. The predicted molar refractivity (Wildman–Crippen MR) is 104 cm³/mol. The summed E-state index contributed by atoms with van der Waals surface area (Å²) in [4.78, 5) is 18.6. The van der Waals surface area contributed by atoms with Crippen LogP contribution in [0.1, 0.15) is 10.4 Å². The Morgan fingerprint density at radius 3 is 2.52 bits per heavy atom. The number of rotatable bonds is 4. The zero-order valence-corrected chi connectivity index (χ0v) is 14.9. The molecule has 0 unspecified atom stereocenters. The van der Waals surface area contributed by atoms with E-state index >= 15 is 0 Å². The van der Waals surface area contributed by atoms with E-state index in [1.807, 2.05) is 48.5 Å². The molecule has 6 heteroatoms. The van der Waals surface area contributed by atoms with Crippen LogP contribution in [0.2, 0.25) is 0 Å². The molecule has 3 aromatic rings. The summed E-state index contributed by atoms with van der Waals surface area (Å²) in [6.45, 7) is 1.11. The molecule has 0 atom stereocenters. The lowest BCUT2D eigenvalue weighted by atomic mass is 10.2. The maximum absolute atomic E-state index is 12.6. The number of benzene rings is 2. The van der Waals surface area contributed by atoms with E-state index in [9.17, 15) is 4.79 Å². The third-order valence-corrected chi connectivity index (χ3v) is 4.27. The van der Waals surface area contributed by atoms with Crippen LogP contribution in [0.5, 0.6) is 11.5 Å². The molecule has 0 radical (unpaired) electrons. The van der Waals surface area contributed by atoms with Gasteiger partial charge in [0.15, 0.2) is 11.5 Å². The number of carbonyl (C=O) groups is 1. The molecule has 0 saturated carbocycles. The summed E-state index contributed by atoms with van der Waals surface area (Å²) in [5.74, 6) is 1.98. The molecule has 0 aliphatic carbocycles. The molecule has 27 heavy (non-hydrogen) atoms. The number of para-hydroxylation sites is 1. The van der Waals surface area contributed by atoms with Gasteiger partial charge in [-0.1, -0.05) is 18.2 Å². The van der Waals surface area contributed by atoms with Crippen molar-refractivity contribution >= 4 is 23.1 Å². The number of hydrogen-bond acceptors (Lipinski definition) is 5. The Bertz CT molecular complexity index is 943. The molecular formula is C21H19N3O3. The molecule has 0 bridgehead atoms. The SMILES string of the molecule is CN(C(=O)c1ccc(Nc2ccc3c(c2)OCCO3)nc1)c1ccccc1. The van der Waals surface area contributed by atoms with E-state index in [2.05, 4.69) is 10.3 Å². The van der Waals surface area contributed by atoms with Gasteiger partial charge < -0.3 is 19.7 Å². The molecule has 1 N–H and O–H groups in total. The number of amides is 1. The number of ether oxygens (including phenoxy) is 2. The fourth-order valence-electron chi connectivity index (χ4n) is 2.83. The van der Waals surface area contributed by atoms with Crippen LogP contribution >= 0.6 is 0 Å². The number of carbonyl (C=O) groups excluding carboxylic acids is 1. The summed E-state index contributed by atoms with van der Waals surface area (Å²) in [7, 11) is 1.75. The van der Waals surface area contributed by atoms with Gasteiger partial charge in [0.05, 0.1) is 5.56 Å². The summed E-state index contributed by atoms with van der Waals surface area (Å²) >= 11 is 0. The van der Waals surface area contributed by atoms with Crippen LogP contribution in [0.4, 0.5) is 17.2 Å². The lowest BCUT2D eigenvalue weighted by molar-refractivity contribution is 0.0992. The Kier molecular flexibility index (Phi) is 4.61. The summed E-state index contributed by atoms with van der Waals surface area (Å²) in [6, 6.07) is 18.7. The summed E-state index contributed by atoms with van der Waals surface area (Å²) in [5.41, 5.74) is 2.20. The topological polar surface area (TPSA) is 63.7 Å². The van der Waals surface area contributed by atoms with Crippen LogP contribution in [0, 0.1) is 0 Å². The van der Waals surface area contributed by atoms with Gasteiger partial charge in [-0.05, 0) is 36.4 Å². The average Bonchev–Trinajstić information content (AvgIpc) is 2.74. The highest BCUT2D eigenvalue weighted by Gasteiger charge is 2.14. The first-order valence-electron chi connectivity index (χ1n) is 8.66. The van der Waals surface area contributed by atoms with Gasteiger partial charge in [-0.15, -0.1) is 0 Å². The molecular weight excluding hydrogens is 342 g/mol. The second-order valence-corrected chi connectivity index (χ2v) is 6.12. The van der Waals surface area contributed by atoms with Crippen molar-refractivity contribution in [1.82, 2.24) is 4.98 Å². The Labute approximate surface area is 157 Å². The van der Waals surface area contributed by atoms with Crippen molar-refractivity contribution in [2.45, 2.75) is 0 Å². The Hall–Kier alpha value is -3.54. The first-order chi connectivity index (χ1) is 13.2. The van der Waals surface area contributed by atoms with Crippen LogP contribution in [0.15, 0.2) is 66.9 Å². The van der Waals surface area contributed by atoms with E-state index in [-0.39, 0.29) is 5.91 Å². The highest BCUT2D eigenvalue weighted by Crippen LogP contribution is 2.33. The molecule has 1 aliphatic rings. The lowest BCUT2D eigenvalue weighted by Crippen LogP contribution is -2.26. The Morgan fingerprint density at radius 1 is 1.00 bits per heavy atom. The molecule has 2 heterocycles. The normalized spacial score (nSPS) is 12.3. The minimum absolute atomic E-state index is 0.112. The summed E-state index contributed by atoms with van der Waals surface area (Å²) in [5, 5.41) is 3.21. The van der Waals surface area contributed by atoms with Gasteiger partial charge in [0.1, 0.15) is 19.0 Å². The van der Waals surface area contributed by atoms with E-state index in [1.165, 1.54) is 0 Å². The van der Waals surface area contributed by atoms with Gasteiger partial charge in [-0.3, -0.25) is 4.79 Å². The predicted octanol–water partition coefficient (Wildman–Crippen LogP) is 3.87. The van der Waals surface area contributed by atoms with Crippen molar-refractivity contribution in [1.29, 1.82) is 0 Å². The standard InChI is InChI=1S/C21H19N3O3/c1-24(17-5-3-2-4-6-17)21(25)15-7-10-20(22-14-15)23-16-8-9-18-19(13-16)27-12-11-26-18/h2-10,13-14H,11-12H2,1H3,(H,22,23). The second kappa shape index (κ2) is 7.37.